The number of hydrogen-bond acceptors (Lipinski definition) is 1. The third-order valence-electron chi connectivity index (χ3n) is 3.03. The molecule has 15 heavy (non-hydrogen) atoms. The summed E-state index contributed by atoms with van der Waals surface area (Å²) in [6.07, 6.45) is 6.92. The Morgan fingerprint density at radius 1 is 0.867 bits per heavy atom. The molecule has 0 aliphatic rings. The summed E-state index contributed by atoms with van der Waals surface area (Å²) in [4.78, 5) is 0. The van der Waals surface area contributed by atoms with E-state index in [0.717, 1.165) is 5.92 Å². The predicted octanol–water partition coefficient (Wildman–Crippen LogP) is 4.83. The zero-order valence-electron chi connectivity index (χ0n) is 11.6. The molecule has 0 aromatic rings. The van der Waals surface area contributed by atoms with Crippen LogP contribution in [-0.2, 0) is 4.43 Å². The standard InChI is InChI=1S/C13H30OSi/c1-7-12(8-2)10-11-13(9-3)14-15(4,5)6/h12-13H,7-11H2,1-6H3. The minimum Gasteiger partial charge on any atom is -0.415 e. The third kappa shape index (κ3) is 8.03. The van der Waals surface area contributed by atoms with Crippen molar-refractivity contribution >= 4 is 8.32 Å². The lowest BCUT2D eigenvalue weighted by Gasteiger charge is -2.26. The van der Waals surface area contributed by atoms with Crippen LogP contribution in [0.4, 0.5) is 0 Å². The fraction of sp³-hybridized carbons (Fsp3) is 1.00. The molecule has 1 atom stereocenters. The van der Waals surface area contributed by atoms with E-state index in [2.05, 4.69) is 40.4 Å². The minimum atomic E-state index is -1.33. The summed E-state index contributed by atoms with van der Waals surface area (Å²) in [7, 11) is -1.33. The third-order valence-corrected chi connectivity index (χ3v) is 4.07. The van der Waals surface area contributed by atoms with Crippen molar-refractivity contribution in [2.75, 3.05) is 0 Å². The van der Waals surface area contributed by atoms with Crippen molar-refractivity contribution in [1.82, 2.24) is 0 Å². The van der Waals surface area contributed by atoms with Crippen LogP contribution in [0.1, 0.15) is 52.9 Å². The molecule has 0 spiro atoms. The highest BCUT2D eigenvalue weighted by Gasteiger charge is 2.20. The summed E-state index contributed by atoms with van der Waals surface area (Å²) in [6.45, 7) is 13.7. The van der Waals surface area contributed by atoms with Crippen molar-refractivity contribution in [1.29, 1.82) is 0 Å². The Balaban J connectivity index is 3.89. The zero-order valence-corrected chi connectivity index (χ0v) is 12.6. The van der Waals surface area contributed by atoms with E-state index >= 15 is 0 Å². The van der Waals surface area contributed by atoms with Crippen molar-refractivity contribution in [3.63, 3.8) is 0 Å². The predicted molar refractivity (Wildman–Crippen MR) is 71.8 cm³/mol. The highest BCUT2D eigenvalue weighted by molar-refractivity contribution is 6.69. The lowest BCUT2D eigenvalue weighted by Crippen LogP contribution is -2.32. The van der Waals surface area contributed by atoms with Gasteiger partial charge in [-0.3, -0.25) is 0 Å². The quantitative estimate of drug-likeness (QED) is 0.543. The smallest absolute Gasteiger partial charge is 0.184 e. The van der Waals surface area contributed by atoms with E-state index in [1.165, 1.54) is 32.1 Å². The van der Waals surface area contributed by atoms with Crippen LogP contribution in [0.15, 0.2) is 0 Å². The molecule has 1 nitrogen and oxygen atoms in total. The highest BCUT2D eigenvalue weighted by Crippen LogP contribution is 2.20. The van der Waals surface area contributed by atoms with E-state index in [4.69, 9.17) is 4.43 Å². The average Bonchev–Trinajstić information content (AvgIpc) is 2.15. The normalized spacial score (nSPS) is 14.6. The van der Waals surface area contributed by atoms with Crippen LogP contribution in [0.2, 0.25) is 19.6 Å². The van der Waals surface area contributed by atoms with Crippen molar-refractivity contribution in [3.8, 4) is 0 Å². The van der Waals surface area contributed by atoms with Crippen LogP contribution >= 0.6 is 0 Å². The van der Waals surface area contributed by atoms with Crippen LogP contribution in [0.25, 0.3) is 0 Å². The van der Waals surface area contributed by atoms with Gasteiger partial charge >= 0.3 is 0 Å². The lowest BCUT2D eigenvalue weighted by molar-refractivity contribution is 0.167. The summed E-state index contributed by atoms with van der Waals surface area (Å²) >= 11 is 0. The van der Waals surface area contributed by atoms with Crippen molar-refractivity contribution in [3.05, 3.63) is 0 Å². The Labute approximate surface area is 97.7 Å². The first-order valence-corrected chi connectivity index (χ1v) is 10.0. The molecule has 0 saturated carbocycles. The van der Waals surface area contributed by atoms with Gasteiger partial charge in [-0.1, -0.05) is 33.6 Å². The van der Waals surface area contributed by atoms with Crippen molar-refractivity contribution < 1.29 is 4.43 Å². The molecule has 0 fully saturated rings. The van der Waals surface area contributed by atoms with E-state index in [-0.39, 0.29) is 0 Å². The fourth-order valence-electron chi connectivity index (χ4n) is 1.96. The van der Waals surface area contributed by atoms with Crippen LogP contribution < -0.4 is 0 Å². The van der Waals surface area contributed by atoms with Crippen LogP contribution in [-0.4, -0.2) is 14.4 Å². The summed E-state index contributed by atoms with van der Waals surface area (Å²) in [6, 6.07) is 0. The maximum atomic E-state index is 6.17. The van der Waals surface area contributed by atoms with Crippen molar-refractivity contribution in [2.24, 2.45) is 5.92 Å². The number of rotatable bonds is 8. The molecule has 0 saturated heterocycles. The first-order chi connectivity index (χ1) is 6.92. The fourth-order valence-corrected chi connectivity index (χ4v) is 3.25. The molecule has 0 heterocycles. The molecule has 2 heteroatoms. The van der Waals surface area contributed by atoms with Gasteiger partial charge in [-0.2, -0.15) is 0 Å². The average molecular weight is 230 g/mol. The van der Waals surface area contributed by atoms with Crippen LogP contribution in [0.3, 0.4) is 0 Å². The molecule has 0 radical (unpaired) electrons. The monoisotopic (exact) mass is 230 g/mol. The Morgan fingerprint density at radius 3 is 1.73 bits per heavy atom. The zero-order chi connectivity index (χ0) is 11.9. The molecule has 0 aliphatic carbocycles. The van der Waals surface area contributed by atoms with E-state index in [1.807, 2.05) is 0 Å². The first-order valence-electron chi connectivity index (χ1n) is 6.60. The van der Waals surface area contributed by atoms with Gasteiger partial charge in [0.25, 0.3) is 0 Å². The maximum Gasteiger partial charge on any atom is 0.184 e. The van der Waals surface area contributed by atoms with Gasteiger partial charge in [-0.05, 0) is 44.8 Å². The topological polar surface area (TPSA) is 9.23 Å². The van der Waals surface area contributed by atoms with Crippen molar-refractivity contribution in [2.45, 2.75) is 78.6 Å². The summed E-state index contributed by atoms with van der Waals surface area (Å²) in [5.74, 6) is 0.907. The maximum absolute atomic E-state index is 6.17. The second-order valence-electron chi connectivity index (χ2n) is 5.52. The van der Waals surface area contributed by atoms with Crippen LogP contribution in [0, 0.1) is 5.92 Å². The van der Waals surface area contributed by atoms with E-state index in [1.54, 1.807) is 0 Å². The lowest BCUT2D eigenvalue weighted by atomic mass is 9.95. The van der Waals surface area contributed by atoms with Gasteiger partial charge in [0.15, 0.2) is 8.32 Å². The Kier molecular flexibility index (Phi) is 7.54. The molecule has 92 valence electrons. The molecular formula is C13H30OSi. The molecule has 0 aromatic heterocycles. The number of hydrogen-bond donors (Lipinski definition) is 0. The van der Waals surface area contributed by atoms with E-state index in [9.17, 15) is 0 Å². The van der Waals surface area contributed by atoms with E-state index < -0.39 is 8.32 Å². The minimum absolute atomic E-state index is 0.511. The molecule has 0 aromatic carbocycles. The van der Waals surface area contributed by atoms with Gasteiger partial charge in [-0.15, -0.1) is 0 Å². The molecule has 0 amide bonds. The SMILES string of the molecule is CCC(CC)CCC(CC)O[Si](C)(C)C. The molecule has 1 unspecified atom stereocenters. The van der Waals surface area contributed by atoms with Gasteiger partial charge in [0.1, 0.15) is 0 Å². The van der Waals surface area contributed by atoms with E-state index in [0.29, 0.717) is 6.10 Å². The Bertz CT molecular complexity index is 147. The molecule has 0 aliphatic heterocycles. The van der Waals surface area contributed by atoms with Gasteiger partial charge in [-0.25, -0.2) is 0 Å². The summed E-state index contributed by atoms with van der Waals surface area (Å²) < 4.78 is 6.17. The Hall–Kier alpha value is 0.177. The second kappa shape index (κ2) is 7.45. The molecule has 0 rings (SSSR count). The highest BCUT2D eigenvalue weighted by atomic mass is 28.4. The first kappa shape index (κ1) is 15.2. The summed E-state index contributed by atoms with van der Waals surface area (Å²) in [5, 5.41) is 0. The van der Waals surface area contributed by atoms with Gasteiger partial charge in [0.05, 0.1) is 0 Å². The Morgan fingerprint density at radius 2 is 1.40 bits per heavy atom. The molecule has 0 N–H and O–H groups in total. The largest absolute Gasteiger partial charge is 0.415 e. The second-order valence-corrected chi connectivity index (χ2v) is 9.98. The van der Waals surface area contributed by atoms with Crippen LogP contribution in [0.5, 0.6) is 0 Å². The molecular weight excluding hydrogens is 200 g/mol. The van der Waals surface area contributed by atoms with Gasteiger partial charge in [0.2, 0.25) is 0 Å². The van der Waals surface area contributed by atoms with Gasteiger partial charge < -0.3 is 4.43 Å². The van der Waals surface area contributed by atoms with Gasteiger partial charge in [0, 0.05) is 6.10 Å². The summed E-state index contributed by atoms with van der Waals surface area (Å²) in [5.41, 5.74) is 0. The molecule has 0 bridgehead atoms.